The van der Waals surface area contributed by atoms with E-state index < -0.39 is 0 Å². The molecule has 1 aliphatic heterocycles. The summed E-state index contributed by atoms with van der Waals surface area (Å²) in [6, 6.07) is 11.5. The van der Waals surface area contributed by atoms with Gasteiger partial charge in [-0.05, 0) is 48.4 Å². The Kier molecular flexibility index (Phi) is 6.50. The first-order valence-electron chi connectivity index (χ1n) is 10.4. The number of aliphatic hydroxyl groups excluding tert-OH is 1. The predicted octanol–water partition coefficient (Wildman–Crippen LogP) is 2.65. The molecule has 0 bridgehead atoms. The molecule has 3 aromatic rings. The van der Waals surface area contributed by atoms with Crippen molar-refractivity contribution in [2.24, 2.45) is 4.99 Å². The summed E-state index contributed by atoms with van der Waals surface area (Å²) in [6.45, 7) is 2.13. The third-order valence-corrected chi connectivity index (χ3v) is 5.10. The number of nitrogens with one attached hydrogen (secondary N) is 1. The molecular weight excluding hydrogens is 425 g/mol. The van der Waals surface area contributed by atoms with E-state index in [-0.39, 0.29) is 31.4 Å². The molecule has 1 saturated heterocycles. The number of guanidine groups is 1. The fraction of sp³-hybridized carbons (Fsp3) is 0.208. The third-order valence-electron chi connectivity index (χ3n) is 5.10. The molecule has 1 aliphatic rings. The molecule has 2 aromatic carbocycles. The van der Waals surface area contributed by atoms with Crippen molar-refractivity contribution in [2.45, 2.75) is 13.5 Å². The summed E-state index contributed by atoms with van der Waals surface area (Å²) in [5.74, 6) is 0.346. The Morgan fingerprint density at radius 2 is 2.03 bits per heavy atom. The number of hydrogen-bond donors (Lipinski definition) is 2. The lowest BCUT2D eigenvalue weighted by Gasteiger charge is -2.15. The lowest BCUT2D eigenvalue weighted by molar-refractivity contribution is -0.122. The zero-order valence-electron chi connectivity index (χ0n) is 18.3. The zero-order valence-corrected chi connectivity index (χ0v) is 18.3. The van der Waals surface area contributed by atoms with Crippen molar-refractivity contribution < 1.29 is 19.0 Å². The van der Waals surface area contributed by atoms with Gasteiger partial charge in [-0.15, -0.1) is 0 Å². The minimum atomic E-state index is -0.345. The number of hydrogen-bond acceptors (Lipinski definition) is 5. The van der Waals surface area contributed by atoms with E-state index in [4.69, 9.17) is 9.84 Å². The van der Waals surface area contributed by atoms with Crippen LogP contribution in [-0.2, 0) is 11.3 Å². The molecule has 1 aromatic heterocycles. The second kappa shape index (κ2) is 9.66. The van der Waals surface area contributed by atoms with Crippen molar-refractivity contribution in [3.05, 3.63) is 83.3 Å². The average Bonchev–Trinajstić information content (AvgIpc) is 3.37. The minimum absolute atomic E-state index is 0.144. The van der Waals surface area contributed by atoms with E-state index in [1.807, 2.05) is 35.9 Å². The number of carbonyl (C=O) groups is 1. The Labute approximate surface area is 190 Å². The molecule has 1 amide bonds. The van der Waals surface area contributed by atoms with Crippen LogP contribution in [0.25, 0.3) is 11.8 Å². The quantitative estimate of drug-likeness (QED) is 0.541. The van der Waals surface area contributed by atoms with Gasteiger partial charge >= 0.3 is 0 Å². The number of aliphatic imine (C=N–C) groups is 1. The van der Waals surface area contributed by atoms with Gasteiger partial charge in [0.25, 0.3) is 5.91 Å². The number of aryl methyl sites for hydroxylation is 1. The Bertz CT molecular complexity index is 1220. The summed E-state index contributed by atoms with van der Waals surface area (Å²) < 4.78 is 20.7. The van der Waals surface area contributed by atoms with Crippen LogP contribution in [0.3, 0.4) is 0 Å². The van der Waals surface area contributed by atoms with E-state index in [1.54, 1.807) is 31.6 Å². The molecule has 4 rings (SSSR count). The smallest absolute Gasteiger partial charge is 0.277 e. The average molecular weight is 449 g/mol. The maximum atomic E-state index is 13.3. The van der Waals surface area contributed by atoms with Crippen LogP contribution < -0.4 is 10.1 Å². The molecule has 2 heterocycles. The van der Waals surface area contributed by atoms with Gasteiger partial charge in [0, 0.05) is 6.20 Å². The second-order valence-electron chi connectivity index (χ2n) is 7.48. The largest absolute Gasteiger partial charge is 0.495 e. The van der Waals surface area contributed by atoms with E-state index in [9.17, 15) is 9.18 Å². The standard InChI is InChI=1S/C24H24FN5O3/c1-16-13-29(15-27-16)21-8-5-18(12-22(21)33-2)11-20-23(32)30(24(28-20)26-9-10-31)14-17-3-6-19(25)7-4-17/h3-8,11-13,15,31H,9-10,14H2,1-2H3,(H,26,28)/b20-11-. The normalized spacial score (nSPS) is 16.0. The molecule has 0 atom stereocenters. The number of ether oxygens (including phenoxy) is 1. The molecule has 2 N–H and O–H groups in total. The number of amides is 1. The molecule has 0 radical (unpaired) electrons. The van der Waals surface area contributed by atoms with Gasteiger partial charge in [0.2, 0.25) is 5.96 Å². The molecule has 0 aliphatic carbocycles. The summed E-state index contributed by atoms with van der Waals surface area (Å²) in [6.07, 6.45) is 5.33. The second-order valence-corrected chi connectivity index (χ2v) is 7.48. The van der Waals surface area contributed by atoms with Gasteiger partial charge in [0.1, 0.15) is 17.3 Å². The summed E-state index contributed by atoms with van der Waals surface area (Å²) in [7, 11) is 1.59. The van der Waals surface area contributed by atoms with Crippen LogP contribution in [0.5, 0.6) is 5.75 Å². The molecule has 1 fully saturated rings. The summed E-state index contributed by atoms with van der Waals surface area (Å²) >= 11 is 0. The van der Waals surface area contributed by atoms with Crippen LogP contribution in [0.1, 0.15) is 16.8 Å². The van der Waals surface area contributed by atoms with Crippen LogP contribution in [0, 0.1) is 12.7 Å². The first-order chi connectivity index (χ1) is 16.0. The first kappa shape index (κ1) is 22.2. The van der Waals surface area contributed by atoms with Gasteiger partial charge in [-0.1, -0.05) is 18.2 Å². The highest BCUT2D eigenvalue weighted by molar-refractivity contribution is 6.15. The van der Waals surface area contributed by atoms with Gasteiger partial charge in [-0.2, -0.15) is 0 Å². The molecule has 8 nitrogen and oxygen atoms in total. The van der Waals surface area contributed by atoms with Crippen LogP contribution in [0.4, 0.5) is 4.39 Å². The summed E-state index contributed by atoms with van der Waals surface area (Å²) in [4.78, 5) is 23.1. The molecule has 0 saturated carbocycles. The number of methoxy groups -OCH3 is 1. The Hall–Kier alpha value is -3.98. The molecule has 170 valence electrons. The monoisotopic (exact) mass is 449 g/mol. The highest BCUT2D eigenvalue weighted by Crippen LogP contribution is 2.26. The lowest BCUT2D eigenvalue weighted by atomic mass is 10.1. The minimum Gasteiger partial charge on any atom is -0.495 e. The van der Waals surface area contributed by atoms with Gasteiger partial charge < -0.3 is 19.7 Å². The molecule has 33 heavy (non-hydrogen) atoms. The first-order valence-corrected chi connectivity index (χ1v) is 10.4. The van der Waals surface area contributed by atoms with E-state index >= 15 is 0 Å². The van der Waals surface area contributed by atoms with Crippen molar-refractivity contribution in [1.82, 2.24) is 19.8 Å². The number of halogens is 1. The van der Waals surface area contributed by atoms with E-state index in [0.29, 0.717) is 17.4 Å². The lowest BCUT2D eigenvalue weighted by Crippen LogP contribution is -2.32. The van der Waals surface area contributed by atoms with Gasteiger partial charge in [-0.25, -0.2) is 9.37 Å². The predicted molar refractivity (Wildman–Crippen MR) is 122 cm³/mol. The van der Waals surface area contributed by atoms with E-state index in [1.165, 1.54) is 17.0 Å². The maximum absolute atomic E-state index is 13.3. The van der Waals surface area contributed by atoms with Crippen molar-refractivity contribution >= 4 is 17.9 Å². The highest BCUT2D eigenvalue weighted by atomic mass is 19.1. The highest BCUT2D eigenvalue weighted by Gasteiger charge is 2.32. The van der Waals surface area contributed by atoms with E-state index in [2.05, 4.69) is 15.3 Å². The Balaban J connectivity index is 1.63. The van der Waals surface area contributed by atoms with Gasteiger partial charge in [0.05, 0.1) is 44.5 Å². The topological polar surface area (TPSA) is 92.0 Å². The number of aliphatic hydroxyl groups is 1. The third kappa shape index (κ3) is 4.93. The Morgan fingerprint density at radius 3 is 2.70 bits per heavy atom. The summed E-state index contributed by atoms with van der Waals surface area (Å²) in [5.41, 5.74) is 3.57. The molecular formula is C24H24FN5O3. The number of carbonyl (C=O) groups excluding carboxylic acids is 1. The molecule has 0 spiro atoms. The molecule has 0 unspecified atom stereocenters. The van der Waals surface area contributed by atoms with Gasteiger partial charge in [0.15, 0.2) is 0 Å². The fourth-order valence-electron chi connectivity index (χ4n) is 3.50. The number of benzene rings is 2. The van der Waals surface area contributed by atoms with Crippen molar-refractivity contribution in [2.75, 3.05) is 20.3 Å². The number of aromatic nitrogens is 2. The van der Waals surface area contributed by atoms with Crippen molar-refractivity contribution in [1.29, 1.82) is 0 Å². The maximum Gasteiger partial charge on any atom is 0.277 e. The number of rotatable bonds is 7. The zero-order chi connectivity index (χ0) is 23.4. The Morgan fingerprint density at radius 1 is 1.24 bits per heavy atom. The van der Waals surface area contributed by atoms with Crippen molar-refractivity contribution in [3.63, 3.8) is 0 Å². The van der Waals surface area contributed by atoms with Crippen LogP contribution in [0.2, 0.25) is 0 Å². The number of imidazole rings is 1. The SMILES string of the molecule is COc1cc(/C=C2\N/C(=N\CCO)N(Cc3ccc(F)cc3)C2=O)ccc1-n1cnc(C)c1. The van der Waals surface area contributed by atoms with Crippen LogP contribution >= 0.6 is 0 Å². The fourth-order valence-corrected chi connectivity index (χ4v) is 3.50. The number of nitrogens with zero attached hydrogens (tertiary/aromatic N) is 4. The molecule has 9 heteroatoms. The van der Waals surface area contributed by atoms with Crippen LogP contribution in [-0.4, -0.2) is 51.7 Å². The summed E-state index contributed by atoms with van der Waals surface area (Å²) in [5, 5.41) is 12.2. The van der Waals surface area contributed by atoms with Gasteiger partial charge in [-0.3, -0.25) is 14.7 Å². The van der Waals surface area contributed by atoms with E-state index in [0.717, 1.165) is 22.5 Å². The van der Waals surface area contributed by atoms with Crippen LogP contribution in [0.15, 0.2) is 65.7 Å². The van der Waals surface area contributed by atoms with Crippen molar-refractivity contribution in [3.8, 4) is 11.4 Å².